The van der Waals surface area contributed by atoms with E-state index in [0.29, 0.717) is 11.6 Å². The molecule has 0 aliphatic rings. The molecule has 1 atom stereocenters. The Kier molecular flexibility index (Phi) is 5.60. The highest BCUT2D eigenvalue weighted by Crippen LogP contribution is 2.27. The van der Waals surface area contributed by atoms with E-state index in [2.05, 4.69) is 15.5 Å². The molecule has 26 heavy (non-hydrogen) atoms. The average molecular weight is 367 g/mol. The lowest BCUT2D eigenvalue weighted by atomic mass is 10.1. The van der Waals surface area contributed by atoms with Crippen LogP contribution in [0.25, 0.3) is 10.6 Å². The van der Waals surface area contributed by atoms with Crippen molar-refractivity contribution in [2.75, 3.05) is 24.3 Å². The second kappa shape index (κ2) is 8.07. The van der Waals surface area contributed by atoms with E-state index in [-0.39, 0.29) is 5.91 Å². The minimum atomic E-state index is -0.635. The second-order valence-corrected chi connectivity index (χ2v) is 7.12. The Bertz CT molecular complexity index is 861. The predicted molar refractivity (Wildman–Crippen MR) is 106 cm³/mol. The van der Waals surface area contributed by atoms with Crippen molar-refractivity contribution >= 4 is 28.1 Å². The van der Waals surface area contributed by atoms with Gasteiger partial charge in [0.25, 0.3) is 0 Å². The molecule has 0 spiro atoms. The molecule has 1 aromatic heterocycles. The molecule has 0 saturated heterocycles. The average Bonchev–Trinajstić information content (AvgIpc) is 3.11. The van der Waals surface area contributed by atoms with Crippen molar-refractivity contribution in [3.05, 3.63) is 60.2 Å². The smallest absolute Gasteiger partial charge is 0.243 e. The molecule has 6 nitrogen and oxygen atoms in total. The van der Waals surface area contributed by atoms with Crippen LogP contribution < -0.4 is 16.0 Å². The van der Waals surface area contributed by atoms with Crippen LogP contribution in [0, 0.1) is 0 Å². The SMILES string of the molecule is CN(C)c1ccc(-c2nnc(NC(=O)C(N)Cc3ccccc3)s2)cc1. The Morgan fingerprint density at radius 2 is 1.81 bits per heavy atom. The number of hydrogen-bond donors (Lipinski definition) is 2. The van der Waals surface area contributed by atoms with E-state index in [1.807, 2.05) is 73.6 Å². The Balaban J connectivity index is 1.63. The fourth-order valence-corrected chi connectivity index (χ4v) is 3.20. The monoisotopic (exact) mass is 367 g/mol. The molecule has 0 saturated carbocycles. The summed E-state index contributed by atoms with van der Waals surface area (Å²) in [5.74, 6) is -0.264. The zero-order valence-electron chi connectivity index (χ0n) is 14.7. The topological polar surface area (TPSA) is 84.1 Å². The van der Waals surface area contributed by atoms with Gasteiger partial charge in [-0.25, -0.2) is 0 Å². The number of amides is 1. The highest BCUT2D eigenvalue weighted by atomic mass is 32.1. The number of hydrogen-bond acceptors (Lipinski definition) is 6. The number of carbonyl (C=O) groups is 1. The molecule has 1 unspecified atom stereocenters. The molecule has 1 amide bonds. The standard InChI is InChI=1S/C19H21N5OS/c1-24(2)15-10-8-14(9-11-15)18-22-23-19(26-18)21-17(25)16(20)12-13-6-4-3-5-7-13/h3-11,16H,12,20H2,1-2H3,(H,21,23,25). The molecule has 0 aliphatic carbocycles. The van der Waals surface area contributed by atoms with Crippen LogP contribution >= 0.6 is 11.3 Å². The summed E-state index contributed by atoms with van der Waals surface area (Å²) < 4.78 is 0. The molecular weight excluding hydrogens is 346 g/mol. The largest absolute Gasteiger partial charge is 0.378 e. The van der Waals surface area contributed by atoms with Gasteiger partial charge in [-0.1, -0.05) is 41.7 Å². The lowest BCUT2D eigenvalue weighted by Gasteiger charge is -2.11. The van der Waals surface area contributed by atoms with E-state index >= 15 is 0 Å². The Morgan fingerprint density at radius 1 is 1.12 bits per heavy atom. The van der Waals surface area contributed by atoms with E-state index in [1.54, 1.807) is 0 Å². The summed E-state index contributed by atoms with van der Waals surface area (Å²) in [6.07, 6.45) is 0.477. The number of benzene rings is 2. The molecule has 0 bridgehead atoms. The molecule has 0 radical (unpaired) electrons. The summed E-state index contributed by atoms with van der Waals surface area (Å²) in [6, 6.07) is 17.1. The third-order valence-electron chi connectivity index (χ3n) is 3.92. The molecule has 3 aromatic rings. The fourth-order valence-electron chi connectivity index (χ4n) is 2.45. The van der Waals surface area contributed by atoms with Crippen molar-refractivity contribution in [3.63, 3.8) is 0 Å². The lowest BCUT2D eigenvalue weighted by Crippen LogP contribution is -2.37. The van der Waals surface area contributed by atoms with Gasteiger partial charge in [0.05, 0.1) is 6.04 Å². The molecule has 3 N–H and O–H groups in total. The van der Waals surface area contributed by atoms with E-state index < -0.39 is 6.04 Å². The Labute approximate surface area is 156 Å². The van der Waals surface area contributed by atoms with E-state index in [1.165, 1.54) is 11.3 Å². The summed E-state index contributed by atoms with van der Waals surface area (Å²) in [5.41, 5.74) is 9.09. The number of carbonyl (C=O) groups excluding carboxylic acids is 1. The quantitative estimate of drug-likeness (QED) is 0.700. The first kappa shape index (κ1) is 18.0. The summed E-state index contributed by atoms with van der Waals surface area (Å²) in [7, 11) is 3.98. The van der Waals surface area contributed by atoms with Crippen molar-refractivity contribution in [1.29, 1.82) is 0 Å². The van der Waals surface area contributed by atoms with E-state index in [0.717, 1.165) is 21.8 Å². The van der Waals surface area contributed by atoms with Crippen LogP contribution in [0.5, 0.6) is 0 Å². The first-order chi connectivity index (χ1) is 12.5. The summed E-state index contributed by atoms with van der Waals surface area (Å²) >= 11 is 1.33. The van der Waals surface area contributed by atoms with Crippen LogP contribution in [0.4, 0.5) is 10.8 Å². The van der Waals surface area contributed by atoms with Crippen LogP contribution in [-0.2, 0) is 11.2 Å². The van der Waals surface area contributed by atoms with Crippen LogP contribution in [-0.4, -0.2) is 36.2 Å². The second-order valence-electron chi connectivity index (χ2n) is 6.14. The molecule has 2 aromatic carbocycles. The van der Waals surface area contributed by atoms with Crippen LogP contribution in [0.3, 0.4) is 0 Å². The number of aromatic nitrogens is 2. The number of anilines is 2. The Morgan fingerprint density at radius 3 is 2.46 bits per heavy atom. The van der Waals surface area contributed by atoms with Gasteiger partial charge >= 0.3 is 0 Å². The highest BCUT2D eigenvalue weighted by molar-refractivity contribution is 7.18. The van der Waals surface area contributed by atoms with E-state index in [9.17, 15) is 4.79 Å². The lowest BCUT2D eigenvalue weighted by molar-refractivity contribution is -0.117. The highest BCUT2D eigenvalue weighted by Gasteiger charge is 2.16. The van der Waals surface area contributed by atoms with Crippen molar-refractivity contribution in [2.45, 2.75) is 12.5 Å². The van der Waals surface area contributed by atoms with Gasteiger partial charge in [-0.15, -0.1) is 10.2 Å². The van der Waals surface area contributed by atoms with Crippen molar-refractivity contribution in [2.24, 2.45) is 5.73 Å². The summed E-state index contributed by atoms with van der Waals surface area (Å²) in [4.78, 5) is 14.3. The summed E-state index contributed by atoms with van der Waals surface area (Å²) in [6.45, 7) is 0. The van der Waals surface area contributed by atoms with Crippen molar-refractivity contribution in [1.82, 2.24) is 10.2 Å². The van der Waals surface area contributed by atoms with Gasteiger partial charge in [-0.05, 0) is 36.2 Å². The first-order valence-electron chi connectivity index (χ1n) is 8.24. The van der Waals surface area contributed by atoms with Gasteiger partial charge in [-0.3, -0.25) is 10.1 Å². The molecule has 134 valence electrons. The molecule has 1 heterocycles. The minimum Gasteiger partial charge on any atom is -0.378 e. The maximum absolute atomic E-state index is 12.3. The van der Waals surface area contributed by atoms with Crippen molar-refractivity contribution in [3.8, 4) is 10.6 Å². The maximum atomic E-state index is 12.3. The number of nitrogens with two attached hydrogens (primary N) is 1. The third-order valence-corrected chi connectivity index (χ3v) is 4.81. The number of nitrogens with zero attached hydrogens (tertiary/aromatic N) is 3. The maximum Gasteiger partial charge on any atom is 0.243 e. The van der Waals surface area contributed by atoms with Gasteiger partial charge in [0.2, 0.25) is 11.0 Å². The van der Waals surface area contributed by atoms with Gasteiger partial charge in [0.1, 0.15) is 5.01 Å². The Hall–Kier alpha value is -2.77. The normalized spacial score (nSPS) is 11.8. The zero-order valence-corrected chi connectivity index (χ0v) is 15.5. The van der Waals surface area contributed by atoms with E-state index in [4.69, 9.17) is 5.73 Å². The molecule has 3 rings (SSSR count). The fraction of sp³-hybridized carbons (Fsp3) is 0.211. The van der Waals surface area contributed by atoms with Crippen LogP contribution in [0.15, 0.2) is 54.6 Å². The molecule has 0 fully saturated rings. The molecule has 0 aliphatic heterocycles. The van der Waals surface area contributed by atoms with Gasteiger partial charge in [0.15, 0.2) is 0 Å². The van der Waals surface area contributed by atoms with Gasteiger partial charge in [0, 0.05) is 25.3 Å². The van der Waals surface area contributed by atoms with Gasteiger partial charge in [-0.2, -0.15) is 0 Å². The predicted octanol–water partition coefficient (Wildman–Crippen LogP) is 2.78. The molecule has 7 heteroatoms. The number of nitrogens with one attached hydrogen (secondary N) is 1. The van der Waals surface area contributed by atoms with Crippen LogP contribution in [0.1, 0.15) is 5.56 Å². The molecular formula is C19H21N5OS. The third kappa shape index (κ3) is 4.44. The van der Waals surface area contributed by atoms with Crippen LogP contribution in [0.2, 0.25) is 0 Å². The number of rotatable bonds is 6. The summed E-state index contributed by atoms with van der Waals surface area (Å²) in [5, 5.41) is 12.2. The van der Waals surface area contributed by atoms with Crippen molar-refractivity contribution < 1.29 is 4.79 Å². The zero-order chi connectivity index (χ0) is 18.5. The first-order valence-corrected chi connectivity index (χ1v) is 9.06. The van der Waals surface area contributed by atoms with Gasteiger partial charge < -0.3 is 10.6 Å². The minimum absolute atomic E-state index is 0.264.